The monoisotopic (exact) mass is 243 g/mol. The maximum atomic E-state index is 10.5. The number of carboxylic acids is 1. The van der Waals surface area contributed by atoms with Crippen LogP contribution in [0.25, 0.3) is 0 Å². The molecule has 0 radical (unpaired) electrons. The lowest BCUT2D eigenvalue weighted by molar-refractivity contribution is -0.137. The Balaban J connectivity index is 2.57. The van der Waals surface area contributed by atoms with E-state index in [9.17, 15) is 4.79 Å². The van der Waals surface area contributed by atoms with Crippen molar-refractivity contribution >= 4 is 23.4 Å². The molecule has 1 heterocycles. The van der Waals surface area contributed by atoms with E-state index in [0.29, 0.717) is 17.4 Å². The molecule has 0 saturated heterocycles. The molecule has 0 bridgehead atoms. The lowest BCUT2D eigenvalue weighted by atomic mass is 9.98. The highest BCUT2D eigenvalue weighted by Crippen LogP contribution is 2.18. The Bertz CT molecular complexity index is 365. The first-order chi connectivity index (χ1) is 7.39. The molecule has 5 nitrogen and oxygen atoms in total. The van der Waals surface area contributed by atoms with Crippen molar-refractivity contribution in [2.24, 2.45) is 0 Å². The molecule has 0 aliphatic rings. The van der Waals surface area contributed by atoms with Gasteiger partial charge in [0.25, 0.3) is 0 Å². The van der Waals surface area contributed by atoms with Crippen molar-refractivity contribution in [1.29, 1.82) is 0 Å². The average Bonchev–Trinajstić information content (AvgIpc) is 2.19. The van der Waals surface area contributed by atoms with Crippen molar-refractivity contribution in [3.05, 3.63) is 17.3 Å². The Hall–Kier alpha value is -1.36. The summed E-state index contributed by atoms with van der Waals surface area (Å²) in [5.74, 6) is -0.225. The fourth-order valence-corrected chi connectivity index (χ4v) is 1.31. The maximum Gasteiger partial charge on any atom is 0.303 e. The van der Waals surface area contributed by atoms with E-state index in [1.807, 2.05) is 13.8 Å². The number of rotatable bonds is 5. The summed E-state index contributed by atoms with van der Waals surface area (Å²) in [6.07, 6.45) is 0.619. The normalized spacial score (nSPS) is 11.2. The molecule has 88 valence electrons. The third kappa shape index (κ3) is 4.44. The summed E-state index contributed by atoms with van der Waals surface area (Å²) in [5.41, 5.74) is -0.346. The number of carbonyl (C=O) groups is 1. The first kappa shape index (κ1) is 12.7. The Kier molecular flexibility index (Phi) is 4.06. The zero-order chi connectivity index (χ0) is 12.2. The minimum atomic E-state index is -0.808. The van der Waals surface area contributed by atoms with Crippen molar-refractivity contribution in [3.63, 3.8) is 0 Å². The van der Waals surface area contributed by atoms with Gasteiger partial charge in [-0.25, -0.2) is 0 Å². The van der Waals surface area contributed by atoms with Crippen molar-refractivity contribution in [3.8, 4) is 0 Å². The van der Waals surface area contributed by atoms with Gasteiger partial charge in [-0.3, -0.25) is 4.79 Å². The van der Waals surface area contributed by atoms with Gasteiger partial charge in [0.1, 0.15) is 5.82 Å². The fraction of sp³-hybridized carbons (Fsp3) is 0.500. The number of hydrogen-bond donors (Lipinski definition) is 2. The number of carboxylic acid groups (broad SMARTS) is 1. The molecule has 0 spiro atoms. The van der Waals surface area contributed by atoms with Gasteiger partial charge in [-0.05, 0) is 32.4 Å². The quantitative estimate of drug-likeness (QED) is 0.829. The molecule has 0 aliphatic heterocycles. The van der Waals surface area contributed by atoms with Gasteiger partial charge in [-0.2, -0.15) is 0 Å². The van der Waals surface area contributed by atoms with Crippen LogP contribution in [0.2, 0.25) is 5.15 Å². The largest absolute Gasteiger partial charge is 0.481 e. The van der Waals surface area contributed by atoms with Crippen LogP contribution < -0.4 is 5.32 Å². The zero-order valence-electron chi connectivity index (χ0n) is 9.20. The minimum absolute atomic E-state index is 0.112. The summed E-state index contributed by atoms with van der Waals surface area (Å²) in [7, 11) is 0. The molecule has 0 aliphatic carbocycles. The molecule has 1 aromatic rings. The molecule has 16 heavy (non-hydrogen) atoms. The number of anilines is 1. The molecule has 1 rings (SSSR count). The highest BCUT2D eigenvalue weighted by Gasteiger charge is 2.19. The third-order valence-corrected chi connectivity index (χ3v) is 2.26. The summed E-state index contributed by atoms with van der Waals surface area (Å²) in [4.78, 5) is 10.5. The third-order valence-electron chi connectivity index (χ3n) is 2.06. The first-order valence-electron chi connectivity index (χ1n) is 4.88. The standard InChI is InChI=1S/C10H14ClN3O2/c1-10(2,6-5-9(15)16)12-8-4-3-7(11)13-14-8/h3-4H,5-6H2,1-2H3,(H,12,14)(H,15,16). The number of nitrogens with one attached hydrogen (secondary N) is 1. The molecule has 0 saturated carbocycles. The number of halogens is 1. The molecule has 2 N–H and O–H groups in total. The van der Waals surface area contributed by atoms with Crippen LogP contribution in [0.3, 0.4) is 0 Å². The van der Waals surface area contributed by atoms with Crippen LogP contribution in [0.15, 0.2) is 12.1 Å². The van der Waals surface area contributed by atoms with E-state index in [1.54, 1.807) is 12.1 Å². The Labute approximate surface area is 98.8 Å². The van der Waals surface area contributed by atoms with Crippen LogP contribution >= 0.6 is 11.6 Å². The van der Waals surface area contributed by atoms with Gasteiger partial charge in [0.15, 0.2) is 5.15 Å². The van der Waals surface area contributed by atoms with Crippen molar-refractivity contribution < 1.29 is 9.90 Å². The van der Waals surface area contributed by atoms with Gasteiger partial charge in [-0.1, -0.05) is 11.6 Å². The Morgan fingerprint density at radius 2 is 2.19 bits per heavy atom. The second kappa shape index (κ2) is 5.12. The highest BCUT2D eigenvalue weighted by molar-refractivity contribution is 6.29. The van der Waals surface area contributed by atoms with Gasteiger partial charge < -0.3 is 10.4 Å². The fourth-order valence-electron chi connectivity index (χ4n) is 1.21. The van der Waals surface area contributed by atoms with E-state index < -0.39 is 5.97 Å². The Morgan fingerprint density at radius 1 is 1.50 bits per heavy atom. The van der Waals surface area contributed by atoms with Gasteiger partial charge >= 0.3 is 5.97 Å². The van der Waals surface area contributed by atoms with E-state index in [-0.39, 0.29) is 12.0 Å². The minimum Gasteiger partial charge on any atom is -0.481 e. The molecule has 1 aromatic heterocycles. The van der Waals surface area contributed by atoms with E-state index in [2.05, 4.69) is 15.5 Å². The summed E-state index contributed by atoms with van der Waals surface area (Å²) in [6.45, 7) is 3.82. The number of aliphatic carboxylic acids is 1. The molecule has 0 aromatic carbocycles. The van der Waals surface area contributed by atoms with Gasteiger partial charge in [-0.15, -0.1) is 10.2 Å². The molecular weight excluding hydrogens is 230 g/mol. The molecule has 0 unspecified atom stereocenters. The van der Waals surface area contributed by atoms with E-state index >= 15 is 0 Å². The molecule has 0 atom stereocenters. The van der Waals surface area contributed by atoms with Crippen LogP contribution in [0.5, 0.6) is 0 Å². The van der Waals surface area contributed by atoms with Crippen LogP contribution in [0.1, 0.15) is 26.7 Å². The van der Waals surface area contributed by atoms with Gasteiger partial charge in [0.2, 0.25) is 0 Å². The maximum absolute atomic E-state index is 10.5. The average molecular weight is 244 g/mol. The summed E-state index contributed by atoms with van der Waals surface area (Å²) >= 11 is 5.61. The lowest BCUT2D eigenvalue weighted by Crippen LogP contribution is -2.32. The van der Waals surface area contributed by atoms with E-state index in [0.717, 1.165) is 0 Å². The van der Waals surface area contributed by atoms with Crippen molar-refractivity contribution in [1.82, 2.24) is 10.2 Å². The lowest BCUT2D eigenvalue weighted by Gasteiger charge is -2.25. The second-order valence-electron chi connectivity index (χ2n) is 4.14. The summed E-state index contributed by atoms with van der Waals surface area (Å²) < 4.78 is 0. The molecule has 0 amide bonds. The van der Waals surface area contributed by atoms with E-state index in [1.165, 1.54) is 0 Å². The van der Waals surface area contributed by atoms with Crippen LogP contribution in [0, 0.1) is 0 Å². The number of aromatic nitrogens is 2. The summed E-state index contributed by atoms with van der Waals surface area (Å²) in [6, 6.07) is 3.34. The summed E-state index contributed by atoms with van der Waals surface area (Å²) in [5, 5.41) is 19.6. The highest BCUT2D eigenvalue weighted by atomic mass is 35.5. The molecule has 0 fully saturated rings. The zero-order valence-corrected chi connectivity index (χ0v) is 9.95. The van der Waals surface area contributed by atoms with Crippen molar-refractivity contribution in [2.75, 3.05) is 5.32 Å². The number of hydrogen-bond acceptors (Lipinski definition) is 4. The predicted octanol–water partition coefficient (Wildman–Crippen LogP) is 2.19. The second-order valence-corrected chi connectivity index (χ2v) is 4.53. The van der Waals surface area contributed by atoms with Crippen LogP contribution in [0.4, 0.5) is 5.82 Å². The van der Waals surface area contributed by atoms with Crippen molar-refractivity contribution in [2.45, 2.75) is 32.2 Å². The van der Waals surface area contributed by atoms with Crippen LogP contribution in [-0.4, -0.2) is 26.8 Å². The van der Waals surface area contributed by atoms with Crippen LogP contribution in [-0.2, 0) is 4.79 Å². The van der Waals surface area contributed by atoms with E-state index in [4.69, 9.17) is 16.7 Å². The first-order valence-corrected chi connectivity index (χ1v) is 5.26. The molecular formula is C10H14ClN3O2. The van der Waals surface area contributed by atoms with Gasteiger partial charge in [0.05, 0.1) is 0 Å². The topological polar surface area (TPSA) is 75.1 Å². The predicted molar refractivity (Wildman–Crippen MR) is 61.6 cm³/mol. The molecule has 6 heteroatoms. The van der Waals surface area contributed by atoms with Gasteiger partial charge in [0, 0.05) is 12.0 Å². The number of nitrogens with zero attached hydrogens (tertiary/aromatic N) is 2. The Morgan fingerprint density at radius 3 is 2.69 bits per heavy atom. The SMILES string of the molecule is CC(C)(CCC(=O)O)Nc1ccc(Cl)nn1. The smallest absolute Gasteiger partial charge is 0.303 e.